The number of rotatable bonds is 3. The minimum absolute atomic E-state index is 0.447. The van der Waals surface area contributed by atoms with Gasteiger partial charge in [-0.3, -0.25) is 0 Å². The van der Waals surface area contributed by atoms with Crippen molar-refractivity contribution in [2.75, 3.05) is 0 Å². The van der Waals surface area contributed by atoms with Crippen LogP contribution in [0.5, 0.6) is 0 Å². The lowest BCUT2D eigenvalue weighted by Crippen LogP contribution is -2.11. The zero-order valence-electron chi connectivity index (χ0n) is 8.97. The predicted molar refractivity (Wildman–Crippen MR) is 63.5 cm³/mol. The Balaban J connectivity index is 3.11. The van der Waals surface area contributed by atoms with E-state index < -0.39 is 3.79 Å². The van der Waals surface area contributed by atoms with Gasteiger partial charge in [0.1, 0.15) is 5.69 Å². The predicted octanol–water partition coefficient (Wildman–Crippen LogP) is 3.32. The first-order chi connectivity index (χ1) is 6.86. The normalized spacial score (nSPS) is 12.5. The van der Waals surface area contributed by atoms with Gasteiger partial charge in [0.15, 0.2) is 0 Å². The Bertz CT molecular complexity index is 328. The second kappa shape index (κ2) is 4.89. The lowest BCUT2D eigenvalue weighted by Gasteiger charge is -2.12. The highest BCUT2D eigenvalue weighted by Gasteiger charge is 2.31. The van der Waals surface area contributed by atoms with Crippen LogP contribution < -0.4 is 0 Å². The van der Waals surface area contributed by atoms with Crippen LogP contribution in [0.1, 0.15) is 32.2 Å². The van der Waals surface area contributed by atoms with Crippen molar-refractivity contribution in [2.24, 2.45) is 5.92 Å². The van der Waals surface area contributed by atoms with Gasteiger partial charge in [-0.1, -0.05) is 53.9 Å². The maximum Gasteiger partial charge on any atom is 0.236 e. The van der Waals surface area contributed by atoms with E-state index in [0.29, 0.717) is 11.6 Å². The van der Waals surface area contributed by atoms with Crippen molar-refractivity contribution in [3.8, 4) is 0 Å². The van der Waals surface area contributed by atoms with Crippen molar-refractivity contribution in [1.29, 1.82) is 0 Å². The first-order valence-electron chi connectivity index (χ1n) is 4.85. The Labute approximate surface area is 105 Å². The van der Waals surface area contributed by atoms with Crippen LogP contribution >= 0.6 is 34.8 Å². The molecule has 0 amide bonds. The third-order valence-corrected chi connectivity index (χ3v) is 2.54. The minimum atomic E-state index is -1.49. The molecule has 0 aliphatic rings. The van der Waals surface area contributed by atoms with Gasteiger partial charge < -0.3 is 0 Å². The molecule has 1 aromatic rings. The Morgan fingerprint density at radius 3 is 2.33 bits per heavy atom. The molecule has 0 saturated heterocycles. The highest BCUT2D eigenvalue weighted by molar-refractivity contribution is 6.66. The van der Waals surface area contributed by atoms with E-state index in [4.69, 9.17) is 34.8 Å². The Morgan fingerprint density at radius 2 is 1.93 bits per heavy atom. The molecule has 0 aliphatic heterocycles. The zero-order valence-corrected chi connectivity index (χ0v) is 11.2. The lowest BCUT2D eigenvalue weighted by atomic mass is 10.1. The molecule has 0 saturated carbocycles. The molecule has 0 N–H and O–H groups in total. The standard InChI is InChI=1S/C9H14Cl3N3/c1-4-15-7(5-6(2)3)8(13-14-15)9(10,11)12/h6H,4-5H2,1-3H3. The molecule has 6 heteroatoms. The number of hydrogen-bond acceptors (Lipinski definition) is 2. The van der Waals surface area contributed by atoms with Gasteiger partial charge >= 0.3 is 0 Å². The maximum absolute atomic E-state index is 5.83. The molecule has 0 unspecified atom stereocenters. The summed E-state index contributed by atoms with van der Waals surface area (Å²) in [6.07, 6.45) is 0.810. The van der Waals surface area contributed by atoms with Crippen LogP contribution in [-0.4, -0.2) is 15.0 Å². The molecule has 3 nitrogen and oxygen atoms in total. The summed E-state index contributed by atoms with van der Waals surface area (Å²) >= 11 is 17.5. The fourth-order valence-electron chi connectivity index (χ4n) is 1.40. The Kier molecular flexibility index (Phi) is 4.27. The van der Waals surface area contributed by atoms with Gasteiger partial charge in [0.05, 0.1) is 5.69 Å². The largest absolute Gasteiger partial charge is 0.249 e. The zero-order chi connectivity index (χ0) is 11.6. The first kappa shape index (κ1) is 13.1. The summed E-state index contributed by atoms with van der Waals surface area (Å²) in [7, 11) is 0. The van der Waals surface area contributed by atoms with Gasteiger partial charge in [0.25, 0.3) is 0 Å². The fraction of sp³-hybridized carbons (Fsp3) is 0.778. The molecule has 1 heterocycles. The molecule has 1 aromatic heterocycles. The molecule has 15 heavy (non-hydrogen) atoms. The summed E-state index contributed by atoms with van der Waals surface area (Å²) in [6.45, 7) is 6.93. The van der Waals surface area contributed by atoms with E-state index >= 15 is 0 Å². The third kappa shape index (κ3) is 3.23. The van der Waals surface area contributed by atoms with E-state index in [9.17, 15) is 0 Å². The number of aryl methyl sites for hydroxylation is 1. The van der Waals surface area contributed by atoms with Crippen LogP contribution in [0.2, 0.25) is 0 Å². The van der Waals surface area contributed by atoms with E-state index in [1.165, 1.54) is 0 Å². The van der Waals surface area contributed by atoms with Gasteiger partial charge in [0, 0.05) is 6.54 Å². The lowest BCUT2D eigenvalue weighted by molar-refractivity contribution is 0.552. The average Bonchev–Trinajstić information content (AvgIpc) is 2.45. The van der Waals surface area contributed by atoms with Gasteiger partial charge in [-0.15, -0.1) is 5.10 Å². The van der Waals surface area contributed by atoms with E-state index in [1.807, 2.05) is 6.92 Å². The smallest absolute Gasteiger partial charge is 0.236 e. The quantitative estimate of drug-likeness (QED) is 0.789. The second-order valence-electron chi connectivity index (χ2n) is 3.80. The Hall–Kier alpha value is 0.01000. The molecule has 0 spiro atoms. The van der Waals surface area contributed by atoms with E-state index in [1.54, 1.807) is 4.68 Å². The van der Waals surface area contributed by atoms with Crippen LogP contribution in [0.4, 0.5) is 0 Å². The minimum Gasteiger partial charge on any atom is -0.249 e. The van der Waals surface area contributed by atoms with Crippen molar-refractivity contribution >= 4 is 34.8 Å². The number of alkyl halides is 3. The van der Waals surface area contributed by atoms with Crippen molar-refractivity contribution < 1.29 is 0 Å². The monoisotopic (exact) mass is 269 g/mol. The van der Waals surface area contributed by atoms with E-state index in [0.717, 1.165) is 18.7 Å². The van der Waals surface area contributed by atoms with Crippen molar-refractivity contribution in [1.82, 2.24) is 15.0 Å². The van der Waals surface area contributed by atoms with Gasteiger partial charge in [-0.05, 0) is 19.3 Å². The molecule has 0 bridgehead atoms. The number of aromatic nitrogens is 3. The number of hydrogen-bond donors (Lipinski definition) is 0. The Morgan fingerprint density at radius 1 is 1.33 bits per heavy atom. The fourth-order valence-corrected chi connectivity index (χ4v) is 1.84. The van der Waals surface area contributed by atoms with Crippen LogP contribution in [0, 0.1) is 5.92 Å². The topological polar surface area (TPSA) is 30.7 Å². The van der Waals surface area contributed by atoms with Crippen LogP contribution in [-0.2, 0) is 16.8 Å². The summed E-state index contributed by atoms with van der Waals surface area (Å²) in [5, 5.41) is 7.90. The van der Waals surface area contributed by atoms with Crippen molar-refractivity contribution in [2.45, 2.75) is 37.5 Å². The second-order valence-corrected chi connectivity index (χ2v) is 6.08. The number of nitrogens with zero attached hydrogens (tertiary/aromatic N) is 3. The molecule has 0 aromatic carbocycles. The molecular formula is C9H14Cl3N3. The summed E-state index contributed by atoms with van der Waals surface area (Å²) in [6, 6.07) is 0. The van der Waals surface area contributed by atoms with Gasteiger partial charge in [-0.25, -0.2) is 4.68 Å². The molecule has 0 fully saturated rings. The van der Waals surface area contributed by atoms with Crippen LogP contribution in [0.25, 0.3) is 0 Å². The molecule has 86 valence electrons. The summed E-state index contributed by atoms with van der Waals surface area (Å²) < 4.78 is 0.287. The SMILES string of the molecule is CCn1nnc(C(Cl)(Cl)Cl)c1CC(C)C. The van der Waals surface area contributed by atoms with Gasteiger partial charge in [0.2, 0.25) is 3.79 Å². The average molecular weight is 271 g/mol. The number of halogens is 3. The van der Waals surface area contributed by atoms with Crippen molar-refractivity contribution in [3.63, 3.8) is 0 Å². The van der Waals surface area contributed by atoms with Crippen LogP contribution in [0.15, 0.2) is 0 Å². The summed E-state index contributed by atoms with van der Waals surface area (Å²) in [4.78, 5) is 0. The molecule has 0 aliphatic carbocycles. The van der Waals surface area contributed by atoms with Gasteiger partial charge in [-0.2, -0.15) is 0 Å². The molecular weight excluding hydrogens is 256 g/mol. The van der Waals surface area contributed by atoms with Crippen molar-refractivity contribution in [3.05, 3.63) is 11.4 Å². The third-order valence-electron chi connectivity index (χ3n) is 2.01. The molecule has 0 radical (unpaired) electrons. The highest BCUT2D eigenvalue weighted by atomic mass is 35.6. The summed E-state index contributed by atoms with van der Waals surface area (Å²) in [5.74, 6) is 0.472. The molecule has 0 atom stereocenters. The van der Waals surface area contributed by atoms with E-state index in [2.05, 4.69) is 24.2 Å². The highest BCUT2D eigenvalue weighted by Crippen LogP contribution is 2.39. The van der Waals surface area contributed by atoms with Crippen LogP contribution in [0.3, 0.4) is 0 Å². The molecule has 1 rings (SSSR count). The van der Waals surface area contributed by atoms with E-state index in [-0.39, 0.29) is 0 Å². The summed E-state index contributed by atoms with van der Waals surface area (Å²) in [5.41, 5.74) is 1.36. The maximum atomic E-state index is 5.83. The first-order valence-corrected chi connectivity index (χ1v) is 5.99.